The maximum Gasteiger partial charge on any atom is 0.320 e. The summed E-state index contributed by atoms with van der Waals surface area (Å²) in [6, 6.07) is -0.376. The molecule has 1 fully saturated rings. The lowest BCUT2D eigenvalue weighted by Gasteiger charge is -2.20. The highest BCUT2D eigenvalue weighted by Gasteiger charge is 2.34. The number of carbonyl (C=O) groups is 1. The SMILES string of the molecule is CCOC[C@@H]1CN([C@@H](C)C(=O)O)C[C@@H]1C. The van der Waals surface area contributed by atoms with Crippen molar-refractivity contribution in [3.63, 3.8) is 0 Å². The van der Waals surface area contributed by atoms with Crippen molar-refractivity contribution in [3.05, 3.63) is 0 Å². The number of hydrogen-bond donors (Lipinski definition) is 1. The predicted octanol–water partition coefficient (Wildman–Crippen LogP) is 1.06. The lowest BCUT2D eigenvalue weighted by molar-refractivity contribution is -0.142. The van der Waals surface area contributed by atoms with Crippen LogP contribution in [0.1, 0.15) is 20.8 Å². The van der Waals surface area contributed by atoms with E-state index < -0.39 is 5.97 Å². The molecular formula is C11H21NO3. The minimum absolute atomic E-state index is 0.376. The Morgan fingerprint density at radius 1 is 1.60 bits per heavy atom. The van der Waals surface area contributed by atoms with Gasteiger partial charge in [0, 0.05) is 19.7 Å². The average Bonchev–Trinajstić information content (AvgIpc) is 2.55. The maximum absolute atomic E-state index is 10.8. The molecule has 0 spiro atoms. The van der Waals surface area contributed by atoms with Crippen LogP contribution >= 0.6 is 0 Å². The van der Waals surface area contributed by atoms with Crippen LogP contribution in [0.4, 0.5) is 0 Å². The Morgan fingerprint density at radius 3 is 2.80 bits per heavy atom. The Kier molecular flexibility index (Phi) is 4.54. The van der Waals surface area contributed by atoms with E-state index in [4.69, 9.17) is 9.84 Å². The van der Waals surface area contributed by atoms with Crippen molar-refractivity contribution in [1.82, 2.24) is 4.90 Å². The highest BCUT2D eigenvalue weighted by atomic mass is 16.5. The van der Waals surface area contributed by atoms with Crippen molar-refractivity contribution in [2.75, 3.05) is 26.3 Å². The molecule has 15 heavy (non-hydrogen) atoms. The third-order valence-corrected chi connectivity index (χ3v) is 3.24. The van der Waals surface area contributed by atoms with E-state index in [1.807, 2.05) is 11.8 Å². The van der Waals surface area contributed by atoms with Crippen molar-refractivity contribution in [3.8, 4) is 0 Å². The second kappa shape index (κ2) is 5.47. The molecule has 1 aliphatic rings. The van der Waals surface area contributed by atoms with Gasteiger partial charge in [-0.3, -0.25) is 9.69 Å². The fourth-order valence-electron chi connectivity index (χ4n) is 2.03. The molecule has 1 rings (SSSR count). The first-order valence-electron chi connectivity index (χ1n) is 5.60. The van der Waals surface area contributed by atoms with E-state index in [2.05, 4.69) is 6.92 Å². The van der Waals surface area contributed by atoms with Crippen molar-refractivity contribution in [2.45, 2.75) is 26.8 Å². The summed E-state index contributed by atoms with van der Waals surface area (Å²) in [6.45, 7) is 9.09. The first kappa shape index (κ1) is 12.5. The summed E-state index contributed by atoms with van der Waals surface area (Å²) in [6.07, 6.45) is 0. The van der Waals surface area contributed by atoms with Crippen LogP contribution in [0.3, 0.4) is 0 Å². The molecule has 3 atom stereocenters. The van der Waals surface area contributed by atoms with E-state index >= 15 is 0 Å². The van der Waals surface area contributed by atoms with Crippen molar-refractivity contribution in [2.24, 2.45) is 11.8 Å². The first-order valence-corrected chi connectivity index (χ1v) is 5.60. The van der Waals surface area contributed by atoms with Gasteiger partial charge in [-0.15, -0.1) is 0 Å². The summed E-state index contributed by atoms with van der Waals surface area (Å²) >= 11 is 0. The molecule has 0 aromatic carbocycles. The highest BCUT2D eigenvalue weighted by Crippen LogP contribution is 2.24. The summed E-state index contributed by atoms with van der Waals surface area (Å²) in [5.41, 5.74) is 0. The average molecular weight is 215 g/mol. The van der Waals surface area contributed by atoms with Gasteiger partial charge in [0.15, 0.2) is 0 Å². The number of rotatable bonds is 5. The molecule has 88 valence electrons. The number of hydrogen-bond acceptors (Lipinski definition) is 3. The molecule has 4 nitrogen and oxygen atoms in total. The van der Waals surface area contributed by atoms with Gasteiger partial charge in [-0.1, -0.05) is 6.92 Å². The number of nitrogens with zero attached hydrogens (tertiary/aromatic N) is 1. The fourth-order valence-corrected chi connectivity index (χ4v) is 2.03. The van der Waals surface area contributed by atoms with Crippen molar-refractivity contribution >= 4 is 5.97 Å². The lowest BCUT2D eigenvalue weighted by Crippen LogP contribution is -2.37. The molecule has 0 aliphatic carbocycles. The normalized spacial score (nSPS) is 29.3. The van der Waals surface area contributed by atoms with Crippen molar-refractivity contribution in [1.29, 1.82) is 0 Å². The number of aliphatic carboxylic acids is 1. The van der Waals surface area contributed by atoms with E-state index in [1.165, 1.54) is 0 Å². The monoisotopic (exact) mass is 215 g/mol. The number of ether oxygens (including phenoxy) is 1. The van der Waals surface area contributed by atoms with Crippen LogP contribution in [0.2, 0.25) is 0 Å². The molecule has 0 amide bonds. The van der Waals surface area contributed by atoms with E-state index in [0.717, 1.165) is 26.3 Å². The summed E-state index contributed by atoms with van der Waals surface area (Å²) in [5.74, 6) is 0.268. The Labute approximate surface area is 91.2 Å². The standard InChI is InChI=1S/C11H21NO3/c1-4-15-7-10-6-12(5-8(10)2)9(3)11(13)14/h8-10H,4-7H2,1-3H3,(H,13,14)/t8-,9-,10-/m0/s1. The smallest absolute Gasteiger partial charge is 0.320 e. The van der Waals surface area contributed by atoms with Crippen LogP contribution in [0.25, 0.3) is 0 Å². The zero-order valence-corrected chi connectivity index (χ0v) is 9.77. The molecule has 1 heterocycles. The van der Waals surface area contributed by atoms with Gasteiger partial charge in [-0.2, -0.15) is 0 Å². The van der Waals surface area contributed by atoms with Crippen LogP contribution in [0, 0.1) is 11.8 Å². The van der Waals surface area contributed by atoms with Crippen LogP contribution in [-0.4, -0.2) is 48.3 Å². The molecule has 1 N–H and O–H groups in total. The topological polar surface area (TPSA) is 49.8 Å². The molecule has 0 unspecified atom stereocenters. The third kappa shape index (κ3) is 3.18. The maximum atomic E-state index is 10.8. The molecule has 0 aromatic rings. The van der Waals surface area contributed by atoms with Gasteiger partial charge in [-0.25, -0.2) is 0 Å². The third-order valence-electron chi connectivity index (χ3n) is 3.24. The molecule has 0 aromatic heterocycles. The van der Waals surface area contributed by atoms with Gasteiger partial charge in [0.05, 0.1) is 6.61 Å². The molecule has 4 heteroatoms. The van der Waals surface area contributed by atoms with Gasteiger partial charge in [0.1, 0.15) is 6.04 Å². The van der Waals surface area contributed by atoms with Gasteiger partial charge in [0.2, 0.25) is 0 Å². The molecule has 0 bridgehead atoms. The Balaban J connectivity index is 2.44. The molecule has 0 saturated carbocycles. The second-order valence-corrected chi connectivity index (χ2v) is 4.36. The largest absolute Gasteiger partial charge is 0.480 e. The molecular weight excluding hydrogens is 194 g/mol. The Morgan fingerprint density at radius 2 is 2.27 bits per heavy atom. The van der Waals surface area contributed by atoms with Crippen LogP contribution in [-0.2, 0) is 9.53 Å². The van der Waals surface area contributed by atoms with E-state index in [1.54, 1.807) is 6.92 Å². The number of likely N-dealkylation sites (tertiary alicyclic amines) is 1. The van der Waals surface area contributed by atoms with E-state index in [9.17, 15) is 4.79 Å². The van der Waals surface area contributed by atoms with Crippen LogP contribution in [0.5, 0.6) is 0 Å². The molecule has 0 radical (unpaired) electrons. The van der Waals surface area contributed by atoms with Crippen LogP contribution < -0.4 is 0 Å². The minimum Gasteiger partial charge on any atom is -0.480 e. The molecule has 1 aliphatic heterocycles. The predicted molar refractivity (Wildman–Crippen MR) is 57.8 cm³/mol. The summed E-state index contributed by atoms with van der Waals surface area (Å²) < 4.78 is 5.40. The van der Waals surface area contributed by atoms with E-state index in [-0.39, 0.29) is 6.04 Å². The van der Waals surface area contributed by atoms with Gasteiger partial charge in [0.25, 0.3) is 0 Å². The van der Waals surface area contributed by atoms with Gasteiger partial charge in [-0.05, 0) is 25.7 Å². The van der Waals surface area contributed by atoms with Gasteiger partial charge >= 0.3 is 5.97 Å². The zero-order chi connectivity index (χ0) is 11.4. The number of carboxylic acids is 1. The second-order valence-electron chi connectivity index (χ2n) is 4.36. The summed E-state index contributed by atoms with van der Waals surface area (Å²) in [5, 5.41) is 8.92. The number of carboxylic acid groups (broad SMARTS) is 1. The highest BCUT2D eigenvalue weighted by molar-refractivity contribution is 5.72. The van der Waals surface area contributed by atoms with Crippen LogP contribution in [0.15, 0.2) is 0 Å². The first-order chi connectivity index (χ1) is 7.06. The Bertz CT molecular complexity index is 220. The molecule has 1 saturated heterocycles. The fraction of sp³-hybridized carbons (Fsp3) is 0.909. The summed E-state index contributed by atoms with van der Waals surface area (Å²) in [7, 11) is 0. The van der Waals surface area contributed by atoms with Gasteiger partial charge < -0.3 is 9.84 Å². The minimum atomic E-state index is -0.737. The Hall–Kier alpha value is -0.610. The quantitative estimate of drug-likeness (QED) is 0.745. The zero-order valence-electron chi connectivity index (χ0n) is 9.77. The summed E-state index contributed by atoms with van der Waals surface area (Å²) in [4.78, 5) is 12.9. The van der Waals surface area contributed by atoms with Crippen molar-refractivity contribution < 1.29 is 14.6 Å². The van der Waals surface area contributed by atoms with E-state index in [0.29, 0.717) is 11.8 Å². The lowest BCUT2D eigenvalue weighted by atomic mass is 9.99.